The number of nitrogens with two attached hydrogens (primary N) is 1. The summed E-state index contributed by atoms with van der Waals surface area (Å²) >= 11 is 2.50. The molecule has 15 nitrogen and oxygen atoms in total. The first-order valence-electron chi connectivity index (χ1n) is 11.9. The molecule has 0 saturated carbocycles. The number of aryl methyl sites for hydroxylation is 1. The summed E-state index contributed by atoms with van der Waals surface area (Å²) in [7, 11) is 1.65. The van der Waals surface area contributed by atoms with Crippen LogP contribution < -0.4 is 11.1 Å². The number of hydrogen-bond acceptors (Lipinski definition) is 11. The first-order chi connectivity index (χ1) is 19.7. The number of carboxylic acids is 1. The Morgan fingerprint density at radius 1 is 1.27 bits per heavy atom. The van der Waals surface area contributed by atoms with E-state index >= 15 is 0 Å². The Hall–Kier alpha value is -4.64. The minimum absolute atomic E-state index is 0.00926. The lowest BCUT2D eigenvalue weighted by Gasteiger charge is -2.49. The lowest BCUT2D eigenvalue weighted by atomic mass is 10.00. The molecule has 1 fully saturated rings. The summed E-state index contributed by atoms with van der Waals surface area (Å²) in [6.07, 6.45) is 2.34. The molecule has 5 rings (SSSR count). The third kappa shape index (κ3) is 5.28. The number of aliphatic carboxylic acids is 1. The van der Waals surface area contributed by atoms with E-state index in [1.165, 1.54) is 52.7 Å². The smallest absolute Gasteiger partial charge is 0.352 e. The van der Waals surface area contributed by atoms with Crippen molar-refractivity contribution in [2.75, 3.05) is 11.5 Å². The molecule has 0 aliphatic carbocycles. The van der Waals surface area contributed by atoms with Gasteiger partial charge in [-0.3, -0.25) is 19.3 Å². The largest absolute Gasteiger partial charge is 0.477 e. The van der Waals surface area contributed by atoms with E-state index in [0.717, 1.165) is 11.2 Å². The van der Waals surface area contributed by atoms with Crippen LogP contribution in [0.2, 0.25) is 0 Å². The molecule has 3 atom stereocenters. The molecular weight excluding hydrogens is 576 g/mol. The van der Waals surface area contributed by atoms with Crippen molar-refractivity contribution in [2.24, 2.45) is 12.8 Å². The van der Waals surface area contributed by atoms with Crippen LogP contribution >= 0.6 is 23.5 Å². The number of nitrogens with one attached hydrogen (secondary N) is 1. The van der Waals surface area contributed by atoms with Crippen molar-refractivity contribution >= 4 is 53.2 Å². The molecule has 3 aromatic rings. The molecule has 1 aromatic carbocycles. The van der Waals surface area contributed by atoms with E-state index in [2.05, 4.69) is 20.8 Å². The van der Waals surface area contributed by atoms with Crippen LogP contribution in [0.15, 0.2) is 69.8 Å². The van der Waals surface area contributed by atoms with E-state index in [0.29, 0.717) is 15.6 Å². The third-order valence-electron chi connectivity index (χ3n) is 6.35. The van der Waals surface area contributed by atoms with Crippen molar-refractivity contribution in [3.05, 3.63) is 71.3 Å². The maximum atomic E-state index is 13.7. The number of carbonyl (C=O) groups excluding carboxylic acids is 4. The van der Waals surface area contributed by atoms with Crippen LogP contribution in [0, 0.1) is 0 Å². The SMILES string of the molecule is Cn1nnnc1SCC1=C(C(=O)O)N2C(=O)C(NC(=O)C(c3ccccc3)N(C(N)=O)C(=O)c3ccoc3)[C@@H]2SC1. The van der Waals surface area contributed by atoms with Crippen LogP contribution in [0.25, 0.3) is 0 Å². The molecule has 1 saturated heterocycles. The number of carbonyl (C=O) groups is 5. The lowest BCUT2D eigenvalue weighted by Crippen LogP contribution is -2.71. The number of rotatable bonds is 9. The summed E-state index contributed by atoms with van der Waals surface area (Å²) in [5.41, 5.74) is 6.15. The van der Waals surface area contributed by atoms with Gasteiger partial charge in [0.15, 0.2) is 0 Å². The highest BCUT2D eigenvalue weighted by Crippen LogP contribution is 2.41. The third-order valence-corrected chi connectivity index (χ3v) is 8.79. The van der Waals surface area contributed by atoms with E-state index in [1.807, 2.05) is 0 Å². The molecule has 4 N–H and O–H groups in total. The number of fused-ring (bicyclic) bond motifs is 1. The van der Waals surface area contributed by atoms with Gasteiger partial charge in [0.05, 0.1) is 11.8 Å². The highest BCUT2D eigenvalue weighted by atomic mass is 32.2. The summed E-state index contributed by atoms with van der Waals surface area (Å²) in [5.74, 6) is -3.14. The molecule has 2 aliphatic heterocycles. The van der Waals surface area contributed by atoms with E-state index in [9.17, 15) is 29.1 Å². The zero-order chi connectivity index (χ0) is 29.3. The van der Waals surface area contributed by atoms with E-state index in [1.54, 1.807) is 25.2 Å². The highest BCUT2D eigenvalue weighted by Gasteiger charge is 2.55. The average molecular weight is 599 g/mol. The number of nitrogens with zero attached hydrogens (tertiary/aromatic N) is 6. The highest BCUT2D eigenvalue weighted by molar-refractivity contribution is 8.01. The molecule has 41 heavy (non-hydrogen) atoms. The lowest BCUT2D eigenvalue weighted by molar-refractivity contribution is -0.151. The second-order valence-corrected chi connectivity index (χ2v) is 10.9. The minimum Gasteiger partial charge on any atom is -0.477 e. The molecule has 2 unspecified atom stereocenters. The fourth-order valence-corrected chi connectivity index (χ4v) is 6.78. The quantitative estimate of drug-likeness (QED) is 0.229. The minimum atomic E-state index is -1.52. The fourth-order valence-electron chi connectivity index (χ4n) is 4.44. The monoisotopic (exact) mass is 598 g/mol. The summed E-state index contributed by atoms with van der Waals surface area (Å²) in [4.78, 5) is 66.5. The van der Waals surface area contributed by atoms with Gasteiger partial charge in [-0.15, -0.1) is 16.9 Å². The Balaban J connectivity index is 1.38. The van der Waals surface area contributed by atoms with Gasteiger partial charge in [-0.25, -0.2) is 19.2 Å². The molecule has 17 heteroatoms. The summed E-state index contributed by atoms with van der Waals surface area (Å²) in [6.45, 7) is 0. The maximum absolute atomic E-state index is 13.7. The molecule has 2 aromatic heterocycles. The number of carboxylic acid groups (broad SMARTS) is 1. The number of tetrazole rings is 1. The van der Waals surface area contributed by atoms with Crippen LogP contribution in [-0.2, 0) is 21.4 Å². The van der Waals surface area contributed by atoms with Crippen molar-refractivity contribution in [1.29, 1.82) is 0 Å². The number of aromatic nitrogens is 4. The summed E-state index contributed by atoms with van der Waals surface area (Å²) < 4.78 is 6.39. The van der Waals surface area contributed by atoms with Crippen molar-refractivity contribution < 1.29 is 33.5 Å². The molecular formula is C24H22N8O7S2. The molecule has 4 heterocycles. The number of primary amides is 1. The maximum Gasteiger partial charge on any atom is 0.352 e. The van der Waals surface area contributed by atoms with E-state index in [-0.39, 0.29) is 28.3 Å². The van der Waals surface area contributed by atoms with Gasteiger partial charge in [-0.05, 0) is 27.6 Å². The Bertz CT molecular complexity index is 1540. The first kappa shape index (κ1) is 27.9. The van der Waals surface area contributed by atoms with Gasteiger partial charge in [0, 0.05) is 18.6 Å². The van der Waals surface area contributed by atoms with E-state index < -0.39 is 47.2 Å². The second-order valence-electron chi connectivity index (χ2n) is 8.87. The van der Waals surface area contributed by atoms with E-state index in [4.69, 9.17) is 10.2 Å². The topological polar surface area (TPSA) is 207 Å². The van der Waals surface area contributed by atoms with Crippen molar-refractivity contribution in [1.82, 2.24) is 35.3 Å². The van der Waals surface area contributed by atoms with Crippen molar-refractivity contribution in [3.8, 4) is 0 Å². The summed E-state index contributed by atoms with van der Waals surface area (Å²) in [6, 6.07) is 5.50. The number of urea groups is 1. The Kier molecular flexibility index (Phi) is 7.80. The van der Waals surface area contributed by atoms with Crippen LogP contribution in [0.3, 0.4) is 0 Å². The molecule has 0 radical (unpaired) electrons. The number of benzene rings is 1. The Labute approximate surface area is 240 Å². The van der Waals surface area contributed by atoms with Crippen molar-refractivity contribution in [2.45, 2.75) is 22.6 Å². The van der Waals surface area contributed by atoms with Gasteiger partial charge >= 0.3 is 12.0 Å². The zero-order valence-electron chi connectivity index (χ0n) is 21.2. The van der Waals surface area contributed by atoms with Gasteiger partial charge in [0.25, 0.3) is 11.8 Å². The van der Waals surface area contributed by atoms with Crippen LogP contribution in [0.1, 0.15) is 22.0 Å². The van der Waals surface area contributed by atoms with Crippen LogP contribution in [0.5, 0.6) is 0 Å². The van der Waals surface area contributed by atoms with Gasteiger partial charge < -0.3 is 20.6 Å². The summed E-state index contributed by atoms with van der Waals surface area (Å²) in [5, 5.41) is 23.5. The number of hydrogen-bond donors (Lipinski definition) is 3. The molecule has 0 bridgehead atoms. The van der Waals surface area contributed by atoms with Crippen LogP contribution in [-0.4, -0.2) is 87.8 Å². The number of thioether (sulfide) groups is 2. The number of amides is 5. The fraction of sp³-hybridized carbons (Fsp3) is 0.250. The number of furan rings is 1. The van der Waals surface area contributed by atoms with Gasteiger partial charge in [0.2, 0.25) is 11.1 Å². The predicted molar refractivity (Wildman–Crippen MR) is 143 cm³/mol. The van der Waals surface area contributed by atoms with Gasteiger partial charge in [-0.2, -0.15) is 0 Å². The normalized spacial score (nSPS) is 18.8. The average Bonchev–Trinajstić information content (AvgIpc) is 3.64. The van der Waals surface area contributed by atoms with Gasteiger partial charge in [0.1, 0.15) is 29.4 Å². The second kappa shape index (κ2) is 11.5. The number of β-lactam (4-membered cyclic amide) rings is 1. The Morgan fingerprint density at radius 2 is 2.02 bits per heavy atom. The standard InChI is InChI=1S/C24H22N8O7S2/c1-30-24(27-28-29-30)41-11-14-10-40-21-15(20(35)31(21)17(14)22(36)37)26-18(33)16(12-5-3-2-4-6-12)32(23(25)38)19(34)13-7-8-39-9-13/h2-9,15-16,21H,10-11H2,1H3,(H2,25,38)(H,26,33)(H,36,37)/t15?,16?,21-/m0/s1. The van der Waals surface area contributed by atoms with Crippen LogP contribution in [0.4, 0.5) is 4.79 Å². The number of imide groups is 1. The zero-order valence-corrected chi connectivity index (χ0v) is 22.9. The molecule has 212 valence electrons. The van der Waals surface area contributed by atoms with Gasteiger partial charge in [-0.1, -0.05) is 42.1 Å². The molecule has 0 spiro atoms. The Morgan fingerprint density at radius 3 is 2.63 bits per heavy atom. The molecule has 2 aliphatic rings. The predicted octanol–water partition coefficient (Wildman–Crippen LogP) is 0.596. The van der Waals surface area contributed by atoms with Crippen molar-refractivity contribution in [3.63, 3.8) is 0 Å². The molecule has 5 amide bonds. The first-order valence-corrected chi connectivity index (χ1v) is 14.0.